The Hall–Kier alpha value is -1.95. The molecular weight excluding hydrogens is 258 g/mol. The molecule has 0 aliphatic carbocycles. The standard InChI is InChI=1S/C14H17N3O3/c18-14-10-17(7-3-1-2-4-8-17)13-6-5-11(16(19)20)9-12(13)15-14/h5-6,9H,1-4,7-8,10H2/p+1. The van der Waals surface area contributed by atoms with E-state index in [-0.39, 0.29) is 11.6 Å². The van der Waals surface area contributed by atoms with Gasteiger partial charge in [0, 0.05) is 18.2 Å². The van der Waals surface area contributed by atoms with Gasteiger partial charge in [-0.2, -0.15) is 0 Å². The van der Waals surface area contributed by atoms with E-state index in [0.29, 0.717) is 16.7 Å². The van der Waals surface area contributed by atoms with E-state index in [1.165, 1.54) is 18.9 Å². The molecule has 2 aliphatic heterocycles. The van der Waals surface area contributed by atoms with Crippen LogP contribution in [0.3, 0.4) is 0 Å². The van der Waals surface area contributed by atoms with Gasteiger partial charge >= 0.3 is 0 Å². The summed E-state index contributed by atoms with van der Waals surface area (Å²) in [5, 5.41) is 13.7. The van der Waals surface area contributed by atoms with E-state index < -0.39 is 4.92 Å². The van der Waals surface area contributed by atoms with Gasteiger partial charge in [-0.05, 0) is 25.7 Å². The van der Waals surface area contributed by atoms with Crippen molar-refractivity contribution in [3.8, 4) is 0 Å². The molecule has 1 fully saturated rings. The van der Waals surface area contributed by atoms with Crippen LogP contribution in [0.5, 0.6) is 0 Å². The predicted molar refractivity (Wildman–Crippen MR) is 76.6 cm³/mol. The van der Waals surface area contributed by atoms with Crippen LogP contribution in [0.2, 0.25) is 0 Å². The van der Waals surface area contributed by atoms with Gasteiger partial charge < -0.3 is 5.32 Å². The fourth-order valence-corrected chi connectivity index (χ4v) is 3.39. The molecule has 0 atom stereocenters. The maximum atomic E-state index is 12.0. The zero-order chi connectivity index (χ0) is 14.2. The van der Waals surface area contributed by atoms with Gasteiger partial charge in [-0.25, -0.2) is 0 Å². The van der Waals surface area contributed by atoms with Crippen molar-refractivity contribution in [1.29, 1.82) is 0 Å². The number of quaternary nitrogens is 1. The first-order chi connectivity index (χ1) is 9.61. The number of nitrogens with zero attached hydrogens (tertiary/aromatic N) is 2. The van der Waals surface area contributed by atoms with Gasteiger partial charge in [0.05, 0.1) is 18.0 Å². The first kappa shape index (κ1) is 13.1. The lowest BCUT2D eigenvalue weighted by Gasteiger charge is -2.40. The van der Waals surface area contributed by atoms with Crippen molar-refractivity contribution >= 4 is 23.0 Å². The number of carbonyl (C=O) groups is 1. The molecule has 6 nitrogen and oxygen atoms in total. The molecule has 20 heavy (non-hydrogen) atoms. The molecule has 0 bridgehead atoms. The molecule has 0 saturated carbocycles. The second kappa shape index (κ2) is 4.86. The third-order valence-corrected chi connectivity index (χ3v) is 4.34. The van der Waals surface area contributed by atoms with E-state index in [4.69, 9.17) is 0 Å². The highest BCUT2D eigenvalue weighted by atomic mass is 16.6. The van der Waals surface area contributed by atoms with Gasteiger partial charge in [0.2, 0.25) is 0 Å². The van der Waals surface area contributed by atoms with Crippen LogP contribution in [0.15, 0.2) is 18.2 Å². The van der Waals surface area contributed by atoms with E-state index >= 15 is 0 Å². The second-order valence-corrected chi connectivity index (χ2v) is 5.67. The van der Waals surface area contributed by atoms with Crippen LogP contribution in [0, 0.1) is 10.1 Å². The third-order valence-electron chi connectivity index (χ3n) is 4.34. The Kier molecular flexibility index (Phi) is 3.17. The lowest BCUT2D eigenvalue weighted by molar-refractivity contribution is -0.384. The summed E-state index contributed by atoms with van der Waals surface area (Å²) in [5.74, 6) is -0.0418. The maximum absolute atomic E-state index is 12.0. The van der Waals surface area contributed by atoms with Gasteiger partial charge in [0.25, 0.3) is 11.6 Å². The molecule has 2 aliphatic rings. The van der Waals surface area contributed by atoms with Gasteiger partial charge in [0.15, 0.2) is 12.2 Å². The molecule has 106 valence electrons. The van der Waals surface area contributed by atoms with Crippen LogP contribution in [0.4, 0.5) is 17.1 Å². The van der Waals surface area contributed by atoms with E-state index in [2.05, 4.69) is 5.32 Å². The highest BCUT2D eigenvalue weighted by Gasteiger charge is 2.40. The first-order valence-corrected chi connectivity index (χ1v) is 7.06. The van der Waals surface area contributed by atoms with Crippen LogP contribution in [0.25, 0.3) is 0 Å². The zero-order valence-electron chi connectivity index (χ0n) is 11.3. The topological polar surface area (TPSA) is 72.2 Å². The number of rotatable bonds is 1. The molecular formula is C14H18N3O3+. The molecule has 0 unspecified atom stereocenters. The van der Waals surface area contributed by atoms with Gasteiger partial charge in [-0.1, -0.05) is 0 Å². The summed E-state index contributed by atoms with van der Waals surface area (Å²) in [6, 6.07) is 4.84. The van der Waals surface area contributed by atoms with E-state index in [0.717, 1.165) is 31.6 Å². The summed E-state index contributed by atoms with van der Waals surface area (Å²) in [4.78, 5) is 22.5. The Morgan fingerprint density at radius 1 is 1.15 bits per heavy atom. The van der Waals surface area contributed by atoms with Gasteiger partial charge in [-0.3, -0.25) is 19.4 Å². The average Bonchev–Trinajstić information content (AvgIpc) is 2.64. The Bertz CT molecular complexity index is 563. The highest BCUT2D eigenvalue weighted by Crippen LogP contribution is 2.39. The zero-order valence-corrected chi connectivity index (χ0v) is 11.3. The van der Waals surface area contributed by atoms with Crippen molar-refractivity contribution in [2.45, 2.75) is 25.7 Å². The number of nitro groups is 1. The molecule has 2 heterocycles. The lowest BCUT2D eigenvalue weighted by Crippen LogP contribution is -2.57. The number of hydrogen-bond acceptors (Lipinski definition) is 3. The van der Waals surface area contributed by atoms with Crippen LogP contribution in [-0.2, 0) is 4.79 Å². The number of non-ortho nitro benzene ring substituents is 1. The predicted octanol–water partition coefficient (Wildman–Crippen LogP) is 2.43. The molecule has 0 radical (unpaired) electrons. The fourth-order valence-electron chi connectivity index (χ4n) is 3.39. The van der Waals surface area contributed by atoms with Crippen molar-refractivity contribution in [3.63, 3.8) is 0 Å². The van der Waals surface area contributed by atoms with E-state index in [1.54, 1.807) is 6.07 Å². The molecule has 0 aromatic heterocycles. The minimum atomic E-state index is -0.423. The summed E-state index contributed by atoms with van der Waals surface area (Å²) in [6.45, 7) is 2.33. The largest absolute Gasteiger partial charge is 0.316 e. The van der Waals surface area contributed by atoms with Crippen molar-refractivity contribution < 1.29 is 9.72 Å². The first-order valence-electron chi connectivity index (χ1n) is 7.06. The van der Waals surface area contributed by atoms with Crippen molar-refractivity contribution in [2.24, 2.45) is 0 Å². The molecule has 1 saturated heterocycles. The summed E-state index contributed by atoms with van der Waals surface area (Å²) in [6.07, 6.45) is 4.60. The minimum Gasteiger partial charge on any atom is -0.316 e. The number of carbonyl (C=O) groups excluding carboxylic acids is 1. The summed E-state index contributed by atoms with van der Waals surface area (Å²) in [5.41, 5.74) is 1.66. The quantitative estimate of drug-likeness (QED) is 0.486. The van der Waals surface area contributed by atoms with Gasteiger partial charge in [0.1, 0.15) is 5.69 Å². The van der Waals surface area contributed by atoms with Crippen LogP contribution >= 0.6 is 0 Å². The molecule has 1 amide bonds. The SMILES string of the molecule is O=C1C[N+]2(CCCCCC2)c2ccc([N+](=O)[O-])cc2N1. The normalized spacial score (nSPS) is 20.9. The fraction of sp³-hybridized carbons (Fsp3) is 0.500. The number of fused-ring (bicyclic) bond motifs is 2. The van der Waals surface area contributed by atoms with Crippen LogP contribution < -0.4 is 9.80 Å². The molecule has 1 N–H and O–H groups in total. The molecule has 1 spiro atoms. The Morgan fingerprint density at radius 2 is 1.85 bits per heavy atom. The molecule has 1 aromatic carbocycles. The smallest absolute Gasteiger partial charge is 0.280 e. The number of hydrogen-bond donors (Lipinski definition) is 1. The van der Waals surface area contributed by atoms with Crippen molar-refractivity contribution in [1.82, 2.24) is 4.48 Å². The van der Waals surface area contributed by atoms with E-state index in [1.807, 2.05) is 6.07 Å². The summed E-state index contributed by atoms with van der Waals surface area (Å²) < 4.78 is 0.652. The number of amides is 1. The maximum Gasteiger partial charge on any atom is 0.280 e. The number of anilines is 1. The summed E-state index contributed by atoms with van der Waals surface area (Å²) >= 11 is 0. The van der Waals surface area contributed by atoms with Crippen LogP contribution in [0.1, 0.15) is 25.7 Å². The molecule has 1 aromatic rings. The van der Waals surface area contributed by atoms with Gasteiger partial charge in [-0.15, -0.1) is 0 Å². The lowest BCUT2D eigenvalue weighted by atomic mass is 10.1. The Morgan fingerprint density at radius 3 is 2.50 bits per heavy atom. The second-order valence-electron chi connectivity index (χ2n) is 5.67. The highest BCUT2D eigenvalue weighted by molar-refractivity contribution is 6.00. The van der Waals surface area contributed by atoms with Crippen molar-refractivity contribution in [2.75, 3.05) is 25.0 Å². The molecule has 6 heteroatoms. The Balaban J connectivity index is 2.07. The minimum absolute atomic E-state index is 0.0268. The number of nitro benzene ring substituents is 1. The van der Waals surface area contributed by atoms with E-state index in [9.17, 15) is 14.9 Å². The van der Waals surface area contributed by atoms with Crippen LogP contribution in [-0.4, -0.2) is 30.5 Å². The average molecular weight is 276 g/mol. The third kappa shape index (κ3) is 2.16. The monoisotopic (exact) mass is 276 g/mol. The Labute approximate surface area is 117 Å². The van der Waals surface area contributed by atoms with Crippen molar-refractivity contribution in [3.05, 3.63) is 28.3 Å². The number of nitrogens with one attached hydrogen (secondary N) is 1. The summed E-state index contributed by atoms with van der Waals surface area (Å²) in [7, 11) is 0. The number of benzene rings is 1. The molecule has 3 rings (SSSR count).